The fourth-order valence-corrected chi connectivity index (χ4v) is 3.60. The number of benzene rings is 1. The van der Waals surface area contributed by atoms with Gasteiger partial charge in [-0.3, -0.25) is 0 Å². The molecule has 1 aliphatic heterocycles. The Morgan fingerprint density at radius 3 is 3.00 bits per heavy atom. The number of β-amino-alcohol motifs (C(OH)–C–C–N with tert-alkyl or cyclic N) is 1. The zero-order valence-corrected chi connectivity index (χ0v) is 15.2. The second-order valence-corrected chi connectivity index (χ2v) is 6.98. The Labute approximate surface area is 157 Å². The number of halogens is 1. The maximum absolute atomic E-state index is 14.2. The molecule has 0 bridgehead atoms. The normalized spacial score (nSPS) is 18.1. The number of hydrogen-bond acceptors (Lipinski definition) is 5. The van der Waals surface area contributed by atoms with E-state index in [0.29, 0.717) is 16.9 Å². The summed E-state index contributed by atoms with van der Waals surface area (Å²) in [4.78, 5) is 6.82. The first-order valence-corrected chi connectivity index (χ1v) is 9.45. The molecule has 0 radical (unpaired) electrons. The monoisotopic (exact) mass is 369 g/mol. The lowest BCUT2D eigenvalue weighted by Gasteiger charge is -2.29. The Balaban J connectivity index is 1.46. The maximum Gasteiger partial charge on any atom is 0.157 e. The summed E-state index contributed by atoms with van der Waals surface area (Å²) in [6.07, 6.45) is 4.40. The smallest absolute Gasteiger partial charge is 0.157 e. The molecule has 3 heterocycles. The number of nitrogens with zero attached hydrogens (tertiary/aromatic N) is 4. The Morgan fingerprint density at radius 1 is 1.26 bits per heavy atom. The molecule has 0 saturated carbocycles. The average molecular weight is 369 g/mol. The van der Waals surface area contributed by atoms with Crippen molar-refractivity contribution in [3.8, 4) is 11.3 Å². The van der Waals surface area contributed by atoms with E-state index in [1.165, 1.54) is 6.07 Å². The number of aromatic nitrogens is 3. The Hall–Kier alpha value is -2.51. The molecule has 4 rings (SSSR count). The van der Waals surface area contributed by atoms with Gasteiger partial charge in [-0.15, -0.1) is 0 Å². The van der Waals surface area contributed by atoms with Gasteiger partial charge in [-0.1, -0.05) is 12.1 Å². The number of likely N-dealkylation sites (tertiary alicyclic amines) is 1. The molecule has 1 saturated heterocycles. The highest BCUT2D eigenvalue weighted by Gasteiger charge is 2.17. The van der Waals surface area contributed by atoms with Gasteiger partial charge in [0.05, 0.1) is 18.0 Å². The molecule has 27 heavy (non-hydrogen) atoms. The van der Waals surface area contributed by atoms with Crippen molar-refractivity contribution in [3.05, 3.63) is 48.4 Å². The Morgan fingerprint density at radius 2 is 2.15 bits per heavy atom. The van der Waals surface area contributed by atoms with Crippen LogP contribution in [-0.2, 0) is 0 Å². The molecule has 3 aromatic rings. The summed E-state index contributed by atoms with van der Waals surface area (Å²) in [5.74, 6) is 0.505. The van der Waals surface area contributed by atoms with Crippen molar-refractivity contribution < 1.29 is 9.50 Å². The van der Waals surface area contributed by atoms with Crippen LogP contribution in [-0.4, -0.2) is 56.9 Å². The lowest BCUT2D eigenvalue weighted by molar-refractivity contribution is 0.0706. The van der Waals surface area contributed by atoms with Crippen molar-refractivity contribution >= 4 is 11.5 Å². The molecule has 0 aliphatic carbocycles. The molecule has 1 aliphatic rings. The fourth-order valence-electron chi connectivity index (χ4n) is 3.60. The van der Waals surface area contributed by atoms with Crippen molar-refractivity contribution in [3.63, 3.8) is 0 Å². The van der Waals surface area contributed by atoms with Gasteiger partial charge in [0.1, 0.15) is 11.6 Å². The van der Waals surface area contributed by atoms with Crippen LogP contribution in [0, 0.1) is 5.82 Å². The standard InChI is InChI=1S/C20H24FN5O/c21-17-7-2-1-6-16(17)18-13-20(26-19(24-18)8-10-23-26)22-9-4-12-25-11-3-5-15(27)14-25/h1-2,6-8,10,13,15,22,27H,3-5,9,11-12,14H2/t15-/m0/s1. The highest BCUT2D eigenvalue weighted by Crippen LogP contribution is 2.24. The third-order valence-corrected chi connectivity index (χ3v) is 4.95. The molecule has 0 amide bonds. The summed E-state index contributed by atoms with van der Waals surface area (Å²) >= 11 is 0. The topological polar surface area (TPSA) is 65.7 Å². The molecule has 1 aromatic carbocycles. The van der Waals surface area contributed by atoms with Gasteiger partial charge in [0, 0.05) is 30.8 Å². The van der Waals surface area contributed by atoms with Crippen LogP contribution in [0.1, 0.15) is 19.3 Å². The fraction of sp³-hybridized carbons (Fsp3) is 0.400. The maximum atomic E-state index is 14.2. The quantitative estimate of drug-likeness (QED) is 0.654. The van der Waals surface area contributed by atoms with Gasteiger partial charge in [-0.25, -0.2) is 9.37 Å². The molecular weight excluding hydrogens is 345 g/mol. The number of nitrogens with one attached hydrogen (secondary N) is 1. The first-order chi connectivity index (χ1) is 13.2. The van der Waals surface area contributed by atoms with Gasteiger partial charge in [0.2, 0.25) is 0 Å². The number of fused-ring (bicyclic) bond motifs is 1. The lowest BCUT2D eigenvalue weighted by Crippen LogP contribution is -2.39. The van der Waals surface area contributed by atoms with E-state index in [1.807, 2.05) is 12.1 Å². The van der Waals surface area contributed by atoms with Crippen molar-refractivity contribution in [2.75, 3.05) is 31.5 Å². The van der Waals surface area contributed by atoms with Crippen molar-refractivity contribution in [1.29, 1.82) is 0 Å². The van der Waals surface area contributed by atoms with E-state index in [1.54, 1.807) is 28.9 Å². The highest BCUT2D eigenvalue weighted by atomic mass is 19.1. The number of aliphatic hydroxyl groups excluding tert-OH is 1. The van der Waals surface area contributed by atoms with E-state index < -0.39 is 0 Å². The minimum atomic E-state index is -0.288. The van der Waals surface area contributed by atoms with Gasteiger partial charge in [0.15, 0.2) is 5.65 Å². The van der Waals surface area contributed by atoms with Crippen LogP contribution < -0.4 is 5.32 Å². The number of hydrogen-bond donors (Lipinski definition) is 2. The van der Waals surface area contributed by atoms with E-state index >= 15 is 0 Å². The van der Waals surface area contributed by atoms with E-state index in [-0.39, 0.29) is 11.9 Å². The van der Waals surface area contributed by atoms with Crippen LogP contribution in [0.3, 0.4) is 0 Å². The third kappa shape index (κ3) is 4.09. The first-order valence-electron chi connectivity index (χ1n) is 9.45. The predicted molar refractivity (Wildman–Crippen MR) is 103 cm³/mol. The summed E-state index contributed by atoms with van der Waals surface area (Å²) in [5, 5.41) is 17.5. The van der Waals surface area contributed by atoms with Crippen molar-refractivity contribution in [1.82, 2.24) is 19.5 Å². The highest BCUT2D eigenvalue weighted by molar-refractivity contribution is 5.66. The van der Waals surface area contributed by atoms with E-state index in [9.17, 15) is 9.50 Å². The van der Waals surface area contributed by atoms with Crippen LogP contribution in [0.5, 0.6) is 0 Å². The molecule has 1 fully saturated rings. The minimum Gasteiger partial charge on any atom is -0.392 e. The number of piperidine rings is 1. The van der Waals surface area contributed by atoms with Crippen LogP contribution >= 0.6 is 0 Å². The molecule has 0 unspecified atom stereocenters. The largest absolute Gasteiger partial charge is 0.392 e. The number of anilines is 1. The van der Waals surface area contributed by atoms with Crippen LogP contribution in [0.15, 0.2) is 42.6 Å². The van der Waals surface area contributed by atoms with E-state index in [4.69, 9.17) is 0 Å². The summed E-state index contributed by atoms with van der Waals surface area (Å²) in [6.45, 7) is 3.52. The summed E-state index contributed by atoms with van der Waals surface area (Å²) in [5.41, 5.74) is 1.74. The SMILES string of the molecule is O[C@H]1CCCN(CCCNc2cc(-c3ccccc3F)nc3ccnn23)C1. The molecule has 0 spiro atoms. The summed E-state index contributed by atoms with van der Waals surface area (Å²) < 4.78 is 15.9. The molecule has 2 aromatic heterocycles. The zero-order chi connectivity index (χ0) is 18.6. The Bertz CT molecular complexity index is 912. The molecule has 2 N–H and O–H groups in total. The molecule has 7 heteroatoms. The van der Waals surface area contributed by atoms with Gasteiger partial charge in [-0.05, 0) is 44.5 Å². The second-order valence-electron chi connectivity index (χ2n) is 6.98. The molecule has 142 valence electrons. The minimum absolute atomic E-state index is 0.195. The lowest BCUT2D eigenvalue weighted by atomic mass is 10.1. The summed E-state index contributed by atoms with van der Waals surface area (Å²) in [7, 11) is 0. The Kier molecular flexibility index (Phi) is 5.31. The van der Waals surface area contributed by atoms with Crippen molar-refractivity contribution in [2.24, 2.45) is 0 Å². The third-order valence-electron chi connectivity index (χ3n) is 4.95. The van der Waals surface area contributed by atoms with Crippen LogP contribution in [0.25, 0.3) is 16.9 Å². The van der Waals surface area contributed by atoms with Gasteiger partial charge >= 0.3 is 0 Å². The average Bonchev–Trinajstić information content (AvgIpc) is 3.14. The number of aliphatic hydroxyl groups is 1. The second kappa shape index (κ2) is 8.02. The van der Waals surface area contributed by atoms with Gasteiger partial charge in [-0.2, -0.15) is 9.61 Å². The molecule has 1 atom stereocenters. The summed E-state index contributed by atoms with van der Waals surface area (Å²) in [6, 6.07) is 10.3. The zero-order valence-electron chi connectivity index (χ0n) is 15.2. The van der Waals surface area contributed by atoms with E-state index in [2.05, 4.69) is 20.3 Å². The molecular formula is C20H24FN5O. The number of rotatable bonds is 6. The molecule has 6 nitrogen and oxygen atoms in total. The van der Waals surface area contributed by atoms with Crippen LogP contribution in [0.4, 0.5) is 10.2 Å². The van der Waals surface area contributed by atoms with Crippen LogP contribution in [0.2, 0.25) is 0 Å². The van der Waals surface area contributed by atoms with Crippen molar-refractivity contribution in [2.45, 2.75) is 25.4 Å². The first kappa shape index (κ1) is 17.9. The van der Waals surface area contributed by atoms with Gasteiger partial charge in [0.25, 0.3) is 0 Å². The predicted octanol–water partition coefficient (Wildman–Crippen LogP) is 2.79. The van der Waals surface area contributed by atoms with E-state index in [0.717, 1.165) is 51.3 Å². The van der Waals surface area contributed by atoms with Gasteiger partial charge < -0.3 is 15.3 Å².